The van der Waals surface area contributed by atoms with Crippen molar-refractivity contribution < 1.29 is 9.59 Å². The molecule has 5 nitrogen and oxygen atoms in total. The second-order valence-corrected chi connectivity index (χ2v) is 7.59. The Morgan fingerprint density at radius 1 is 1.08 bits per heavy atom. The number of aryl methyl sites for hydroxylation is 3. The van der Waals surface area contributed by atoms with Crippen molar-refractivity contribution in [2.24, 2.45) is 0 Å². The number of carbonyl (C=O) groups excluding carboxylic acids is 2. The first-order valence-electron chi connectivity index (χ1n) is 8.55. The molecule has 0 radical (unpaired) electrons. The molecule has 0 unspecified atom stereocenters. The maximum absolute atomic E-state index is 12.4. The molecule has 26 heavy (non-hydrogen) atoms. The fraction of sp³-hybridized carbons (Fsp3) is 0.300. The second-order valence-electron chi connectivity index (χ2n) is 6.74. The van der Waals surface area contributed by atoms with Crippen LogP contribution in [0, 0.1) is 20.8 Å². The van der Waals surface area contributed by atoms with E-state index >= 15 is 0 Å². The summed E-state index contributed by atoms with van der Waals surface area (Å²) in [4.78, 5) is 26.3. The number of hydrogen-bond donors (Lipinski definition) is 2. The number of nitrogens with one attached hydrogen (secondary N) is 2. The Balaban J connectivity index is 1.62. The summed E-state index contributed by atoms with van der Waals surface area (Å²) in [5.74, 6) is 0.0260. The Bertz CT molecular complexity index is 866. The summed E-state index contributed by atoms with van der Waals surface area (Å²) in [5.41, 5.74) is 4.99. The molecule has 2 aromatic rings. The van der Waals surface area contributed by atoms with E-state index in [1.807, 2.05) is 57.2 Å². The molecule has 0 aromatic heterocycles. The minimum atomic E-state index is -0.300. The van der Waals surface area contributed by atoms with Crippen LogP contribution in [0.25, 0.3) is 0 Å². The predicted molar refractivity (Wildman–Crippen MR) is 108 cm³/mol. The van der Waals surface area contributed by atoms with Crippen LogP contribution >= 0.6 is 15.9 Å². The van der Waals surface area contributed by atoms with Gasteiger partial charge in [-0.2, -0.15) is 0 Å². The Kier molecular flexibility index (Phi) is 5.32. The van der Waals surface area contributed by atoms with Gasteiger partial charge in [0.2, 0.25) is 5.91 Å². The highest BCUT2D eigenvalue weighted by atomic mass is 79.9. The normalized spacial score (nSPS) is 16.7. The summed E-state index contributed by atoms with van der Waals surface area (Å²) >= 11 is 3.44. The number of hydrogen-bond acceptors (Lipinski definition) is 2. The fourth-order valence-corrected chi connectivity index (χ4v) is 3.27. The highest BCUT2D eigenvalue weighted by Crippen LogP contribution is 2.24. The largest absolute Gasteiger partial charge is 0.333 e. The van der Waals surface area contributed by atoms with Crippen LogP contribution in [0.15, 0.2) is 40.9 Å². The predicted octanol–water partition coefficient (Wildman–Crippen LogP) is 4.30. The minimum Gasteiger partial charge on any atom is -0.333 e. The Morgan fingerprint density at radius 3 is 2.54 bits per heavy atom. The topological polar surface area (TPSA) is 61.4 Å². The van der Waals surface area contributed by atoms with Gasteiger partial charge in [-0.05, 0) is 67.8 Å². The van der Waals surface area contributed by atoms with Gasteiger partial charge < -0.3 is 15.5 Å². The molecule has 1 atom stereocenters. The fourth-order valence-electron chi connectivity index (χ4n) is 3.02. The summed E-state index contributed by atoms with van der Waals surface area (Å²) in [5, 5.41) is 5.72. The van der Waals surface area contributed by atoms with Gasteiger partial charge in [0.25, 0.3) is 0 Å². The van der Waals surface area contributed by atoms with Crippen molar-refractivity contribution in [3.05, 3.63) is 57.6 Å². The standard InChI is InChI=1S/C20H22BrN3O2/c1-12-4-6-17(9-13(12)2)24-11-16(10-19(24)25)23-20(26)22-15-5-7-18(21)14(3)8-15/h4-9,16H,10-11H2,1-3H3,(H2,22,23,26)/t16-/m1/s1. The van der Waals surface area contributed by atoms with Gasteiger partial charge >= 0.3 is 6.03 Å². The minimum absolute atomic E-state index is 0.0260. The molecule has 6 heteroatoms. The van der Waals surface area contributed by atoms with Crippen LogP contribution in [0.4, 0.5) is 16.2 Å². The lowest BCUT2D eigenvalue weighted by molar-refractivity contribution is -0.117. The highest BCUT2D eigenvalue weighted by molar-refractivity contribution is 9.10. The molecule has 2 aromatic carbocycles. The number of anilines is 2. The molecule has 1 heterocycles. The van der Waals surface area contributed by atoms with Crippen molar-refractivity contribution in [1.82, 2.24) is 5.32 Å². The first-order chi connectivity index (χ1) is 12.3. The third-order valence-corrected chi connectivity index (χ3v) is 5.57. The van der Waals surface area contributed by atoms with Gasteiger partial charge in [0, 0.05) is 28.8 Å². The van der Waals surface area contributed by atoms with E-state index in [9.17, 15) is 9.59 Å². The average Bonchev–Trinajstić information content (AvgIpc) is 2.93. The lowest BCUT2D eigenvalue weighted by Gasteiger charge is -2.18. The molecule has 136 valence electrons. The Morgan fingerprint density at radius 2 is 1.85 bits per heavy atom. The van der Waals surface area contributed by atoms with Gasteiger partial charge in [-0.25, -0.2) is 4.79 Å². The van der Waals surface area contributed by atoms with Crippen molar-refractivity contribution in [3.63, 3.8) is 0 Å². The summed E-state index contributed by atoms with van der Waals surface area (Å²) in [6, 6.07) is 11.1. The summed E-state index contributed by atoms with van der Waals surface area (Å²) in [7, 11) is 0. The zero-order valence-corrected chi connectivity index (χ0v) is 16.7. The smallest absolute Gasteiger partial charge is 0.319 e. The Labute approximate surface area is 161 Å². The molecular weight excluding hydrogens is 394 g/mol. The SMILES string of the molecule is Cc1ccc(N2C[C@H](NC(=O)Nc3ccc(Br)c(C)c3)CC2=O)cc1C. The third-order valence-electron chi connectivity index (χ3n) is 4.68. The van der Waals surface area contributed by atoms with Crippen molar-refractivity contribution in [1.29, 1.82) is 0 Å². The highest BCUT2D eigenvalue weighted by Gasteiger charge is 2.31. The van der Waals surface area contributed by atoms with Crippen LogP contribution < -0.4 is 15.5 Å². The zero-order chi connectivity index (χ0) is 18.8. The van der Waals surface area contributed by atoms with Crippen LogP contribution in [0.1, 0.15) is 23.1 Å². The summed E-state index contributed by atoms with van der Waals surface area (Å²) in [6.07, 6.45) is 0.305. The maximum atomic E-state index is 12.4. The van der Waals surface area contributed by atoms with E-state index < -0.39 is 0 Å². The van der Waals surface area contributed by atoms with Gasteiger partial charge in [-0.15, -0.1) is 0 Å². The first kappa shape index (κ1) is 18.5. The molecule has 0 aliphatic carbocycles. The molecule has 0 saturated carbocycles. The van der Waals surface area contributed by atoms with Gasteiger partial charge in [0.1, 0.15) is 0 Å². The average molecular weight is 416 g/mol. The number of halogens is 1. The van der Waals surface area contributed by atoms with Gasteiger partial charge in [-0.1, -0.05) is 22.0 Å². The number of nitrogens with zero attached hydrogens (tertiary/aromatic N) is 1. The molecule has 1 fully saturated rings. The number of benzene rings is 2. The van der Waals surface area contributed by atoms with E-state index in [2.05, 4.69) is 26.6 Å². The van der Waals surface area contributed by atoms with Crippen LogP contribution in [0.2, 0.25) is 0 Å². The number of carbonyl (C=O) groups is 2. The van der Waals surface area contributed by atoms with Crippen LogP contribution in [-0.2, 0) is 4.79 Å². The second kappa shape index (κ2) is 7.50. The van der Waals surface area contributed by atoms with E-state index in [1.54, 1.807) is 4.90 Å². The van der Waals surface area contributed by atoms with E-state index in [1.165, 1.54) is 5.56 Å². The van der Waals surface area contributed by atoms with Crippen molar-refractivity contribution >= 4 is 39.2 Å². The van der Waals surface area contributed by atoms with Crippen molar-refractivity contribution in [3.8, 4) is 0 Å². The summed E-state index contributed by atoms with van der Waals surface area (Å²) in [6.45, 7) is 6.52. The Hall–Kier alpha value is -2.34. The third kappa shape index (κ3) is 4.07. The molecule has 1 aliphatic heterocycles. The summed E-state index contributed by atoms with van der Waals surface area (Å²) < 4.78 is 0.994. The van der Waals surface area contributed by atoms with Crippen LogP contribution in [0.5, 0.6) is 0 Å². The maximum Gasteiger partial charge on any atom is 0.319 e. The molecule has 3 rings (SSSR count). The molecule has 1 aliphatic rings. The molecule has 0 bridgehead atoms. The molecular formula is C20H22BrN3O2. The van der Waals surface area contributed by atoms with E-state index in [0.717, 1.165) is 27.0 Å². The van der Waals surface area contributed by atoms with Crippen molar-refractivity contribution in [2.45, 2.75) is 33.2 Å². The lowest BCUT2D eigenvalue weighted by atomic mass is 10.1. The number of rotatable bonds is 3. The number of amides is 3. The molecule has 3 amide bonds. The van der Waals surface area contributed by atoms with Gasteiger partial charge in [-0.3, -0.25) is 4.79 Å². The van der Waals surface area contributed by atoms with Crippen molar-refractivity contribution in [2.75, 3.05) is 16.8 Å². The molecule has 2 N–H and O–H groups in total. The van der Waals surface area contributed by atoms with Crippen LogP contribution in [-0.4, -0.2) is 24.5 Å². The zero-order valence-electron chi connectivity index (χ0n) is 15.1. The monoisotopic (exact) mass is 415 g/mol. The lowest BCUT2D eigenvalue weighted by Crippen LogP contribution is -2.39. The van der Waals surface area contributed by atoms with Gasteiger partial charge in [0.15, 0.2) is 0 Å². The van der Waals surface area contributed by atoms with E-state index in [4.69, 9.17) is 0 Å². The first-order valence-corrected chi connectivity index (χ1v) is 9.34. The number of urea groups is 1. The molecule has 0 spiro atoms. The molecule has 1 saturated heterocycles. The van der Waals surface area contributed by atoms with Crippen LogP contribution in [0.3, 0.4) is 0 Å². The quantitative estimate of drug-likeness (QED) is 0.784. The van der Waals surface area contributed by atoms with E-state index in [-0.39, 0.29) is 18.0 Å². The van der Waals surface area contributed by atoms with E-state index in [0.29, 0.717) is 13.0 Å². The van der Waals surface area contributed by atoms with Gasteiger partial charge in [0.05, 0.1) is 6.04 Å².